The molecule has 0 spiro atoms. The minimum absolute atomic E-state index is 0.103. The zero-order chi connectivity index (χ0) is 29.0. The summed E-state index contributed by atoms with van der Waals surface area (Å²) in [6, 6.07) is 8.46. The third-order valence-corrected chi connectivity index (χ3v) is 7.74. The van der Waals surface area contributed by atoms with E-state index in [0.29, 0.717) is 49.6 Å². The lowest BCUT2D eigenvalue weighted by molar-refractivity contribution is -0.138. The van der Waals surface area contributed by atoms with Crippen molar-refractivity contribution in [1.29, 1.82) is 0 Å². The quantitative estimate of drug-likeness (QED) is 0.380. The zero-order valence-electron chi connectivity index (χ0n) is 23.7. The Labute approximate surface area is 242 Å². The van der Waals surface area contributed by atoms with Crippen molar-refractivity contribution in [3.63, 3.8) is 0 Å². The highest BCUT2D eigenvalue weighted by molar-refractivity contribution is 5.82. The van der Waals surface area contributed by atoms with E-state index in [1.165, 1.54) is 0 Å². The number of piperidine rings is 2. The monoisotopic (exact) mass is 560 g/mol. The maximum atomic E-state index is 13.3. The molecule has 0 bridgehead atoms. The van der Waals surface area contributed by atoms with Crippen molar-refractivity contribution in [1.82, 2.24) is 20.5 Å². The van der Waals surface area contributed by atoms with Gasteiger partial charge in [-0.2, -0.15) is 0 Å². The van der Waals surface area contributed by atoms with Crippen LogP contribution in [0.3, 0.4) is 0 Å². The van der Waals surface area contributed by atoms with Gasteiger partial charge in [-0.25, -0.2) is 0 Å². The van der Waals surface area contributed by atoms with E-state index in [-0.39, 0.29) is 24.2 Å². The summed E-state index contributed by atoms with van der Waals surface area (Å²) in [5.41, 5.74) is 2.00. The number of carboxylic acid groups (broad SMARTS) is 1. The number of pyridine rings is 1. The molecule has 1 aromatic heterocycles. The molecule has 2 aromatic rings. The van der Waals surface area contributed by atoms with Gasteiger partial charge < -0.3 is 25.4 Å². The number of likely N-dealkylation sites (tertiary alicyclic amines) is 1. The lowest BCUT2D eigenvalue weighted by Crippen LogP contribution is -2.46. The van der Waals surface area contributed by atoms with Crippen LogP contribution in [0.25, 0.3) is 0 Å². The van der Waals surface area contributed by atoms with Gasteiger partial charge in [0.1, 0.15) is 5.75 Å². The van der Waals surface area contributed by atoms with Crippen molar-refractivity contribution in [2.75, 3.05) is 32.8 Å². The molecule has 41 heavy (non-hydrogen) atoms. The van der Waals surface area contributed by atoms with Gasteiger partial charge >= 0.3 is 5.97 Å². The molecule has 4 rings (SSSR count). The summed E-state index contributed by atoms with van der Waals surface area (Å²) in [4.78, 5) is 44.0. The molecule has 2 amide bonds. The predicted octanol–water partition coefficient (Wildman–Crippen LogP) is 3.53. The average molecular weight is 561 g/mol. The number of carbonyl (C=O) groups excluding carboxylic acids is 2. The molecule has 0 saturated carbocycles. The summed E-state index contributed by atoms with van der Waals surface area (Å²) in [6.07, 6.45) is 7.91. The fourth-order valence-corrected chi connectivity index (χ4v) is 5.45. The average Bonchev–Trinajstić information content (AvgIpc) is 3.00. The fourth-order valence-electron chi connectivity index (χ4n) is 5.45. The molecule has 2 saturated heterocycles. The summed E-state index contributed by atoms with van der Waals surface area (Å²) >= 11 is 0. The lowest BCUT2D eigenvalue weighted by atomic mass is 9.92. The van der Waals surface area contributed by atoms with E-state index in [4.69, 9.17) is 4.74 Å². The van der Waals surface area contributed by atoms with Gasteiger partial charge in [-0.05, 0) is 93.9 Å². The van der Waals surface area contributed by atoms with Gasteiger partial charge in [0.2, 0.25) is 11.8 Å². The smallest absolute Gasteiger partial charge is 0.305 e. The molecule has 2 aliphatic heterocycles. The largest absolute Gasteiger partial charge is 0.494 e. The van der Waals surface area contributed by atoms with Gasteiger partial charge in [-0.1, -0.05) is 11.8 Å². The Balaban J connectivity index is 1.38. The Hall–Kier alpha value is -3.90. The summed E-state index contributed by atoms with van der Waals surface area (Å²) in [6.45, 7) is 5.56. The topological polar surface area (TPSA) is 121 Å². The summed E-state index contributed by atoms with van der Waals surface area (Å²) in [5.74, 6) is 5.97. The van der Waals surface area contributed by atoms with Crippen LogP contribution < -0.4 is 15.4 Å². The van der Waals surface area contributed by atoms with E-state index in [1.54, 1.807) is 23.4 Å². The number of rotatable bonds is 10. The number of hydrogen-bond acceptors (Lipinski definition) is 6. The Morgan fingerprint density at radius 3 is 2.61 bits per heavy atom. The minimum Gasteiger partial charge on any atom is -0.494 e. The van der Waals surface area contributed by atoms with Gasteiger partial charge in [-0.15, -0.1) is 0 Å². The maximum absolute atomic E-state index is 13.3. The molecule has 3 N–H and O–H groups in total. The maximum Gasteiger partial charge on any atom is 0.305 e. The van der Waals surface area contributed by atoms with Crippen molar-refractivity contribution in [2.45, 2.75) is 57.9 Å². The van der Waals surface area contributed by atoms with E-state index in [0.717, 1.165) is 50.1 Å². The number of nitrogens with zero attached hydrogens (tertiary/aromatic N) is 2. The molecule has 2 atom stereocenters. The van der Waals surface area contributed by atoms with E-state index < -0.39 is 12.0 Å². The van der Waals surface area contributed by atoms with Crippen LogP contribution in [0.4, 0.5) is 0 Å². The number of carbonyl (C=O) groups is 3. The SMILES string of the molecule is CCOc1ccc(C#Cc2cncc([C@H](CC(=O)O)NC(=O)[C@@H]3CCCN(C(=O)CCC4CCNCC4)C3)c2)cc1. The number of nitrogens with one attached hydrogen (secondary N) is 2. The van der Waals surface area contributed by atoms with Crippen LogP contribution in [0.1, 0.15) is 74.6 Å². The van der Waals surface area contributed by atoms with Crippen LogP contribution in [0.2, 0.25) is 0 Å². The number of amides is 2. The fraction of sp³-hybridized carbons (Fsp3) is 0.500. The van der Waals surface area contributed by atoms with Crippen LogP contribution in [-0.2, 0) is 14.4 Å². The molecular weight excluding hydrogens is 520 g/mol. The van der Waals surface area contributed by atoms with E-state index in [9.17, 15) is 19.5 Å². The number of carboxylic acids is 1. The van der Waals surface area contributed by atoms with E-state index in [2.05, 4.69) is 27.5 Å². The highest BCUT2D eigenvalue weighted by Gasteiger charge is 2.30. The molecule has 3 heterocycles. The Morgan fingerprint density at radius 1 is 1.12 bits per heavy atom. The number of benzene rings is 1. The standard InChI is InChI=1S/C32H40N4O5/c1-2-41-28-10-7-23(8-11-28)5-6-25-18-27(21-34-20-25)29(19-31(38)39)35-32(40)26-4-3-17-36(22-26)30(37)12-9-24-13-15-33-16-14-24/h7-8,10-11,18,20-21,24,26,29,33H,2-4,9,12-17,19,22H2,1H3,(H,35,40)(H,38,39)/t26-,29+/m1/s1. The van der Waals surface area contributed by atoms with E-state index >= 15 is 0 Å². The molecule has 0 aliphatic carbocycles. The highest BCUT2D eigenvalue weighted by atomic mass is 16.5. The van der Waals surface area contributed by atoms with Gasteiger partial charge in [0, 0.05) is 43.0 Å². The van der Waals surface area contributed by atoms with Crippen molar-refractivity contribution in [2.24, 2.45) is 11.8 Å². The van der Waals surface area contributed by atoms with E-state index in [1.807, 2.05) is 31.2 Å². The molecule has 2 aliphatic rings. The molecule has 0 radical (unpaired) electrons. The third-order valence-electron chi connectivity index (χ3n) is 7.74. The number of hydrogen-bond donors (Lipinski definition) is 3. The molecule has 1 aromatic carbocycles. The second-order valence-corrected chi connectivity index (χ2v) is 10.8. The van der Waals surface area contributed by atoms with Gasteiger partial charge in [-0.3, -0.25) is 19.4 Å². The first-order chi connectivity index (χ1) is 19.9. The molecular formula is C32H40N4O5. The van der Waals surface area contributed by atoms with Crippen LogP contribution in [0.5, 0.6) is 5.75 Å². The third kappa shape index (κ3) is 9.32. The molecule has 9 nitrogen and oxygen atoms in total. The lowest BCUT2D eigenvalue weighted by Gasteiger charge is -2.33. The Bertz CT molecular complexity index is 1250. The molecule has 2 fully saturated rings. The molecule has 9 heteroatoms. The van der Waals surface area contributed by atoms with Crippen LogP contribution >= 0.6 is 0 Å². The predicted molar refractivity (Wildman–Crippen MR) is 155 cm³/mol. The Kier molecular flexibility index (Phi) is 11.1. The number of aromatic nitrogens is 1. The number of aliphatic carboxylic acids is 1. The first-order valence-corrected chi connectivity index (χ1v) is 14.6. The van der Waals surface area contributed by atoms with Crippen molar-refractivity contribution >= 4 is 17.8 Å². The normalized spacial score (nSPS) is 18.1. The minimum atomic E-state index is -1.03. The van der Waals surface area contributed by atoms with Crippen LogP contribution in [0.15, 0.2) is 42.7 Å². The van der Waals surface area contributed by atoms with Gasteiger partial charge in [0.15, 0.2) is 0 Å². The second-order valence-electron chi connectivity index (χ2n) is 10.8. The van der Waals surface area contributed by atoms with Crippen molar-refractivity contribution in [3.05, 3.63) is 59.4 Å². The Morgan fingerprint density at radius 2 is 1.88 bits per heavy atom. The molecule has 218 valence electrons. The second kappa shape index (κ2) is 15.2. The van der Waals surface area contributed by atoms with Crippen LogP contribution in [-0.4, -0.2) is 65.6 Å². The first-order valence-electron chi connectivity index (χ1n) is 14.6. The summed E-state index contributed by atoms with van der Waals surface area (Å²) in [7, 11) is 0. The van der Waals surface area contributed by atoms with Crippen LogP contribution in [0, 0.1) is 23.7 Å². The first kappa shape index (κ1) is 30.1. The van der Waals surface area contributed by atoms with Gasteiger partial charge in [0.25, 0.3) is 0 Å². The van der Waals surface area contributed by atoms with Crippen molar-refractivity contribution < 1.29 is 24.2 Å². The number of ether oxygens (including phenoxy) is 1. The summed E-state index contributed by atoms with van der Waals surface area (Å²) in [5, 5.41) is 15.8. The summed E-state index contributed by atoms with van der Waals surface area (Å²) < 4.78 is 5.46. The zero-order valence-corrected chi connectivity index (χ0v) is 23.7. The van der Waals surface area contributed by atoms with Crippen molar-refractivity contribution in [3.8, 4) is 17.6 Å². The molecule has 0 unspecified atom stereocenters. The van der Waals surface area contributed by atoms with Gasteiger partial charge in [0.05, 0.1) is 25.0 Å². The highest BCUT2D eigenvalue weighted by Crippen LogP contribution is 2.24.